The van der Waals surface area contributed by atoms with Crippen LogP contribution in [0.15, 0.2) is 0 Å². The van der Waals surface area contributed by atoms with E-state index in [0.717, 1.165) is 0 Å². The Bertz CT molecular complexity index is 183. The van der Waals surface area contributed by atoms with Crippen LogP contribution in [-0.4, -0.2) is 15.6 Å². The fraction of sp³-hybridized carbons (Fsp3) is 1.00. The summed E-state index contributed by atoms with van der Waals surface area (Å²) in [5, 5.41) is 0. The van der Waals surface area contributed by atoms with E-state index < -0.39 is 22.3 Å². The SMILES string of the molecule is CCC(CC)(O[P+](=O)O)O[P+](=O)O. The van der Waals surface area contributed by atoms with E-state index in [-0.39, 0.29) is 12.8 Å². The van der Waals surface area contributed by atoms with Gasteiger partial charge in [0.15, 0.2) is 0 Å². The second-order valence-electron chi connectivity index (χ2n) is 2.28. The lowest BCUT2D eigenvalue weighted by atomic mass is 10.2. The van der Waals surface area contributed by atoms with Gasteiger partial charge in [0.05, 0.1) is 0 Å². The van der Waals surface area contributed by atoms with E-state index in [1.165, 1.54) is 0 Å². The second kappa shape index (κ2) is 5.70. The molecule has 2 atom stereocenters. The zero-order chi connectivity index (χ0) is 10.5. The van der Waals surface area contributed by atoms with Crippen molar-refractivity contribution in [1.82, 2.24) is 0 Å². The molecule has 0 saturated heterocycles. The van der Waals surface area contributed by atoms with E-state index >= 15 is 0 Å². The first-order valence-corrected chi connectivity index (χ1v) is 5.92. The molecule has 0 aromatic heterocycles. The summed E-state index contributed by atoms with van der Waals surface area (Å²) in [6.45, 7) is 3.25. The molecule has 0 bridgehead atoms. The lowest BCUT2D eigenvalue weighted by molar-refractivity contribution is -0.119. The summed E-state index contributed by atoms with van der Waals surface area (Å²) in [6, 6.07) is 0. The van der Waals surface area contributed by atoms with Crippen molar-refractivity contribution in [1.29, 1.82) is 0 Å². The van der Waals surface area contributed by atoms with Crippen LogP contribution in [0.25, 0.3) is 0 Å². The van der Waals surface area contributed by atoms with E-state index in [1.54, 1.807) is 13.8 Å². The predicted molar refractivity (Wildman–Crippen MR) is 45.1 cm³/mol. The van der Waals surface area contributed by atoms with E-state index in [4.69, 9.17) is 9.79 Å². The van der Waals surface area contributed by atoms with Crippen molar-refractivity contribution in [2.45, 2.75) is 32.5 Å². The van der Waals surface area contributed by atoms with Crippen LogP contribution >= 0.6 is 16.5 Å². The lowest BCUT2D eigenvalue weighted by Gasteiger charge is -2.15. The summed E-state index contributed by atoms with van der Waals surface area (Å²) in [5.74, 6) is -1.44. The van der Waals surface area contributed by atoms with Crippen LogP contribution in [0, 0.1) is 0 Å². The van der Waals surface area contributed by atoms with Gasteiger partial charge in [0, 0.05) is 22.0 Å². The highest BCUT2D eigenvalue weighted by atomic mass is 31.1. The minimum Gasteiger partial charge on any atom is -0.133 e. The first-order valence-electron chi connectivity index (χ1n) is 3.66. The van der Waals surface area contributed by atoms with Gasteiger partial charge in [0.1, 0.15) is 0 Å². The smallest absolute Gasteiger partial charge is 0.133 e. The highest BCUT2D eigenvalue weighted by Gasteiger charge is 2.46. The Morgan fingerprint density at radius 1 is 1.08 bits per heavy atom. The van der Waals surface area contributed by atoms with Crippen LogP contribution in [0.5, 0.6) is 0 Å². The summed E-state index contributed by atoms with van der Waals surface area (Å²) in [7, 11) is -5.69. The highest BCUT2D eigenvalue weighted by Crippen LogP contribution is 2.38. The van der Waals surface area contributed by atoms with Gasteiger partial charge in [-0.25, -0.2) is 0 Å². The number of hydrogen-bond donors (Lipinski definition) is 2. The van der Waals surface area contributed by atoms with Crippen LogP contribution in [-0.2, 0) is 18.2 Å². The summed E-state index contributed by atoms with van der Waals surface area (Å²) >= 11 is 0. The van der Waals surface area contributed by atoms with E-state index in [2.05, 4.69) is 9.05 Å². The molecule has 0 saturated carbocycles. The molecule has 0 radical (unpaired) electrons. The van der Waals surface area contributed by atoms with Gasteiger partial charge in [0.25, 0.3) is 5.79 Å². The molecule has 13 heavy (non-hydrogen) atoms. The molecule has 0 fully saturated rings. The average molecular weight is 230 g/mol. The third-order valence-corrected chi connectivity index (χ3v) is 2.54. The van der Waals surface area contributed by atoms with Gasteiger partial charge < -0.3 is 0 Å². The molecule has 0 aliphatic rings. The molecule has 76 valence electrons. The first kappa shape index (κ1) is 13.0. The van der Waals surface area contributed by atoms with Crippen molar-refractivity contribution >= 4 is 16.5 Å². The fourth-order valence-electron chi connectivity index (χ4n) is 0.810. The van der Waals surface area contributed by atoms with E-state index in [9.17, 15) is 9.13 Å². The van der Waals surface area contributed by atoms with Crippen LogP contribution < -0.4 is 0 Å². The largest absolute Gasteiger partial charge is 0.697 e. The van der Waals surface area contributed by atoms with Gasteiger partial charge in [-0.2, -0.15) is 0 Å². The molecule has 0 aromatic carbocycles. The van der Waals surface area contributed by atoms with Gasteiger partial charge in [0.2, 0.25) is 0 Å². The molecule has 0 spiro atoms. The zero-order valence-electron chi connectivity index (χ0n) is 7.34. The highest BCUT2D eigenvalue weighted by molar-refractivity contribution is 7.33. The lowest BCUT2D eigenvalue weighted by Crippen LogP contribution is -2.29. The molecule has 0 amide bonds. The van der Waals surface area contributed by atoms with Crippen LogP contribution in [0.4, 0.5) is 0 Å². The molecular formula is C5H12O6P2+2. The predicted octanol–water partition coefficient (Wildman–Crippen LogP) is 1.84. The Kier molecular flexibility index (Phi) is 5.72. The third-order valence-electron chi connectivity index (χ3n) is 1.57. The van der Waals surface area contributed by atoms with Gasteiger partial charge in [-0.15, -0.1) is 9.79 Å². The van der Waals surface area contributed by atoms with E-state index in [1.807, 2.05) is 0 Å². The molecular weight excluding hydrogens is 218 g/mol. The van der Waals surface area contributed by atoms with Gasteiger partial charge >= 0.3 is 16.5 Å². The molecule has 0 aliphatic heterocycles. The number of hydrogen-bond acceptors (Lipinski definition) is 4. The minimum atomic E-state index is -2.85. The summed E-state index contributed by atoms with van der Waals surface area (Å²) in [6.07, 6.45) is 0.430. The summed E-state index contributed by atoms with van der Waals surface area (Å²) in [4.78, 5) is 17.0. The van der Waals surface area contributed by atoms with Crippen molar-refractivity contribution in [2.24, 2.45) is 0 Å². The molecule has 2 unspecified atom stereocenters. The molecule has 0 rings (SSSR count). The topological polar surface area (TPSA) is 93.1 Å². The fourth-order valence-corrected chi connectivity index (χ4v) is 2.03. The molecule has 0 aliphatic carbocycles. The van der Waals surface area contributed by atoms with Crippen molar-refractivity contribution in [3.63, 3.8) is 0 Å². The monoisotopic (exact) mass is 230 g/mol. The second-order valence-corrected chi connectivity index (χ2v) is 3.59. The van der Waals surface area contributed by atoms with Crippen molar-refractivity contribution < 1.29 is 28.0 Å². The summed E-state index contributed by atoms with van der Waals surface area (Å²) < 4.78 is 29.9. The molecule has 0 aromatic rings. The quantitative estimate of drug-likeness (QED) is 0.534. The van der Waals surface area contributed by atoms with Crippen molar-refractivity contribution in [2.75, 3.05) is 0 Å². The maximum atomic E-state index is 10.4. The average Bonchev–Trinajstić information content (AvgIpc) is 2.01. The molecule has 6 nitrogen and oxygen atoms in total. The zero-order valence-corrected chi connectivity index (χ0v) is 9.12. The number of rotatable bonds is 6. The molecule has 0 heterocycles. The Balaban J connectivity index is 4.48. The van der Waals surface area contributed by atoms with Crippen LogP contribution in [0.3, 0.4) is 0 Å². The standard InChI is InChI=1S/C5H10O6P2/c1-3-5(4-2,10-12(6)7)11-13(8)9/h3-4H2,1-2H3/p+2. The minimum absolute atomic E-state index is 0.215. The van der Waals surface area contributed by atoms with E-state index in [0.29, 0.717) is 0 Å². The Morgan fingerprint density at radius 3 is 1.54 bits per heavy atom. The Labute approximate surface area is 77.8 Å². The first-order chi connectivity index (χ1) is 5.95. The van der Waals surface area contributed by atoms with Gasteiger partial charge in [-0.3, -0.25) is 0 Å². The van der Waals surface area contributed by atoms with Crippen LogP contribution in [0.1, 0.15) is 26.7 Å². The maximum absolute atomic E-state index is 10.4. The summed E-state index contributed by atoms with van der Waals surface area (Å²) in [5.41, 5.74) is 0. The maximum Gasteiger partial charge on any atom is 0.697 e. The van der Waals surface area contributed by atoms with Crippen molar-refractivity contribution in [3.05, 3.63) is 0 Å². The third kappa shape index (κ3) is 4.72. The van der Waals surface area contributed by atoms with Gasteiger partial charge in [-0.05, 0) is 0 Å². The molecule has 2 N–H and O–H groups in total. The Morgan fingerprint density at radius 2 is 1.38 bits per heavy atom. The van der Waals surface area contributed by atoms with Crippen LogP contribution in [0.2, 0.25) is 0 Å². The Hall–Kier alpha value is 0.0400. The normalized spacial score (nSPS) is 14.2. The molecule has 8 heteroatoms. The van der Waals surface area contributed by atoms with Crippen molar-refractivity contribution in [3.8, 4) is 0 Å². The van der Waals surface area contributed by atoms with Gasteiger partial charge in [-0.1, -0.05) is 22.9 Å².